The summed E-state index contributed by atoms with van der Waals surface area (Å²) >= 11 is 0. The maximum Gasteiger partial charge on any atom is 0.272 e. The van der Waals surface area contributed by atoms with Crippen LogP contribution in [0, 0.1) is 12.8 Å². The van der Waals surface area contributed by atoms with Crippen molar-refractivity contribution in [1.29, 1.82) is 0 Å². The molecule has 1 atom stereocenters. The Morgan fingerprint density at radius 1 is 1.20 bits per heavy atom. The number of imidazole rings is 1. The molecule has 0 aliphatic heterocycles. The molecule has 25 heavy (non-hydrogen) atoms. The molecule has 1 aromatic carbocycles. The third kappa shape index (κ3) is 3.57. The number of carbonyl (C=O) groups excluding carboxylic acids is 1. The second-order valence-corrected chi connectivity index (χ2v) is 7.11. The highest BCUT2D eigenvalue weighted by atomic mass is 16.2. The van der Waals surface area contributed by atoms with E-state index in [4.69, 9.17) is 0 Å². The number of aromatic amines is 1. The summed E-state index contributed by atoms with van der Waals surface area (Å²) in [6.45, 7) is 10.2. The van der Waals surface area contributed by atoms with Gasteiger partial charge in [0, 0.05) is 12.2 Å². The second-order valence-electron chi connectivity index (χ2n) is 7.11. The third-order valence-electron chi connectivity index (χ3n) is 4.27. The molecular weight excluding hydrogens is 314 g/mol. The highest BCUT2D eigenvalue weighted by molar-refractivity contribution is 5.92. The minimum absolute atomic E-state index is 0.185. The molecule has 0 fully saturated rings. The van der Waals surface area contributed by atoms with Crippen molar-refractivity contribution in [2.75, 3.05) is 0 Å². The van der Waals surface area contributed by atoms with Gasteiger partial charge in [0.1, 0.15) is 11.5 Å². The Labute approximate surface area is 147 Å². The molecule has 2 heterocycles. The first-order chi connectivity index (χ1) is 11.8. The van der Waals surface area contributed by atoms with Crippen LogP contribution in [0.1, 0.15) is 61.7 Å². The first-order valence-corrected chi connectivity index (χ1v) is 8.67. The van der Waals surface area contributed by atoms with Gasteiger partial charge in [0.2, 0.25) is 0 Å². The molecule has 2 aromatic heterocycles. The number of hydrogen-bond acceptors (Lipinski definition) is 3. The van der Waals surface area contributed by atoms with Gasteiger partial charge in [-0.1, -0.05) is 19.9 Å². The molecule has 0 unspecified atom stereocenters. The van der Waals surface area contributed by atoms with Crippen LogP contribution in [0.2, 0.25) is 0 Å². The summed E-state index contributed by atoms with van der Waals surface area (Å²) in [5.41, 5.74) is 3.49. The van der Waals surface area contributed by atoms with Crippen LogP contribution in [0.15, 0.2) is 30.5 Å². The molecule has 0 saturated carbocycles. The summed E-state index contributed by atoms with van der Waals surface area (Å²) in [5, 5.41) is 7.41. The molecule has 3 aromatic rings. The van der Waals surface area contributed by atoms with Crippen LogP contribution in [0.3, 0.4) is 0 Å². The molecule has 2 N–H and O–H groups in total. The fourth-order valence-corrected chi connectivity index (χ4v) is 2.80. The van der Waals surface area contributed by atoms with Crippen LogP contribution < -0.4 is 5.32 Å². The van der Waals surface area contributed by atoms with E-state index in [-0.39, 0.29) is 23.9 Å². The number of nitrogens with one attached hydrogen (secondary N) is 2. The van der Waals surface area contributed by atoms with Crippen molar-refractivity contribution in [2.24, 2.45) is 5.92 Å². The maximum absolute atomic E-state index is 12.6. The fourth-order valence-electron chi connectivity index (χ4n) is 2.80. The van der Waals surface area contributed by atoms with Crippen molar-refractivity contribution in [3.05, 3.63) is 47.5 Å². The molecule has 0 aliphatic rings. The lowest BCUT2D eigenvalue weighted by Crippen LogP contribution is -2.32. The summed E-state index contributed by atoms with van der Waals surface area (Å²) in [4.78, 5) is 20.6. The van der Waals surface area contributed by atoms with Gasteiger partial charge in [-0.3, -0.25) is 9.48 Å². The Morgan fingerprint density at radius 3 is 2.60 bits per heavy atom. The van der Waals surface area contributed by atoms with Gasteiger partial charge in [0.25, 0.3) is 5.91 Å². The normalized spacial score (nSPS) is 12.9. The second kappa shape index (κ2) is 6.70. The van der Waals surface area contributed by atoms with Crippen LogP contribution in [-0.4, -0.2) is 25.7 Å². The van der Waals surface area contributed by atoms with Crippen molar-refractivity contribution in [1.82, 2.24) is 25.1 Å². The van der Waals surface area contributed by atoms with Gasteiger partial charge in [-0.05, 0) is 50.5 Å². The lowest BCUT2D eigenvalue weighted by Gasteiger charge is -2.19. The highest BCUT2D eigenvalue weighted by Gasteiger charge is 2.23. The molecule has 0 spiro atoms. The number of aromatic nitrogens is 4. The summed E-state index contributed by atoms with van der Waals surface area (Å²) in [7, 11) is 0. The molecule has 0 radical (unpaired) electrons. The number of fused-ring (bicyclic) bond motifs is 1. The predicted octanol–water partition coefficient (Wildman–Crippen LogP) is 3.78. The standard InChI is InChI=1S/C19H25N5O/c1-11(2)17(18-20-14-7-6-13(5)10-16(14)21-18)22-19(25)15-8-9-24(23-15)12(3)4/h6-12,17H,1-5H3,(H,20,21)(H,22,25)/t17-/m0/s1. The number of benzene rings is 1. The summed E-state index contributed by atoms with van der Waals surface area (Å²) in [5.74, 6) is 0.778. The number of amides is 1. The van der Waals surface area contributed by atoms with Crippen molar-refractivity contribution < 1.29 is 4.79 Å². The first kappa shape index (κ1) is 17.2. The smallest absolute Gasteiger partial charge is 0.272 e. The monoisotopic (exact) mass is 339 g/mol. The van der Waals surface area contributed by atoms with Crippen molar-refractivity contribution in [3.8, 4) is 0 Å². The minimum atomic E-state index is -0.204. The van der Waals surface area contributed by atoms with Gasteiger partial charge in [0.15, 0.2) is 0 Å². The molecule has 1 amide bonds. The Hall–Kier alpha value is -2.63. The third-order valence-corrected chi connectivity index (χ3v) is 4.27. The van der Waals surface area contributed by atoms with Gasteiger partial charge < -0.3 is 10.3 Å². The number of rotatable bonds is 5. The average Bonchev–Trinajstić information content (AvgIpc) is 3.18. The van der Waals surface area contributed by atoms with E-state index in [2.05, 4.69) is 40.3 Å². The van der Waals surface area contributed by atoms with Crippen LogP contribution in [-0.2, 0) is 0 Å². The maximum atomic E-state index is 12.6. The van der Waals surface area contributed by atoms with E-state index in [1.54, 1.807) is 10.7 Å². The van der Waals surface area contributed by atoms with Gasteiger partial charge in [-0.15, -0.1) is 0 Å². The van der Waals surface area contributed by atoms with Crippen molar-refractivity contribution in [3.63, 3.8) is 0 Å². The largest absolute Gasteiger partial charge is 0.340 e. The Bertz CT molecular complexity index is 890. The number of aryl methyl sites for hydroxylation is 1. The molecule has 132 valence electrons. The average molecular weight is 339 g/mol. The zero-order chi connectivity index (χ0) is 18.1. The molecular formula is C19H25N5O. The van der Waals surface area contributed by atoms with Crippen LogP contribution in [0.25, 0.3) is 11.0 Å². The zero-order valence-corrected chi connectivity index (χ0v) is 15.4. The number of H-pyrrole nitrogens is 1. The Kier molecular flexibility index (Phi) is 4.61. The van der Waals surface area contributed by atoms with Gasteiger partial charge in [0.05, 0.1) is 17.1 Å². The Morgan fingerprint density at radius 2 is 1.96 bits per heavy atom. The van der Waals surface area contributed by atoms with Crippen molar-refractivity contribution >= 4 is 16.9 Å². The molecule has 6 heteroatoms. The minimum Gasteiger partial charge on any atom is -0.340 e. The number of carbonyl (C=O) groups is 1. The zero-order valence-electron chi connectivity index (χ0n) is 15.4. The summed E-state index contributed by atoms with van der Waals surface area (Å²) < 4.78 is 1.78. The lowest BCUT2D eigenvalue weighted by molar-refractivity contribution is 0.0917. The van der Waals surface area contributed by atoms with E-state index in [1.807, 2.05) is 39.1 Å². The molecule has 0 bridgehead atoms. The van der Waals surface area contributed by atoms with E-state index < -0.39 is 0 Å². The van der Waals surface area contributed by atoms with Crippen LogP contribution in [0.5, 0.6) is 0 Å². The van der Waals surface area contributed by atoms with Crippen molar-refractivity contribution in [2.45, 2.75) is 46.7 Å². The predicted molar refractivity (Wildman–Crippen MR) is 98.5 cm³/mol. The fraction of sp³-hybridized carbons (Fsp3) is 0.421. The van der Waals surface area contributed by atoms with E-state index in [0.29, 0.717) is 5.69 Å². The molecule has 6 nitrogen and oxygen atoms in total. The van der Waals surface area contributed by atoms with Crippen LogP contribution in [0.4, 0.5) is 0 Å². The summed E-state index contributed by atoms with van der Waals surface area (Å²) in [6.07, 6.45) is 1.83. The highest BCUT2D eigenvalue weighted by Crippen LogP contribution is 2.23. The molecule has 3 rings (SSSR count). The molecule has 0 saturated heterocycles. The van der Waals surface area contributed by atoms with Gasteiger partial charge in [-0.2, -0.15) is 5.10 Å². The van der Waals surface area contributed by atoms with Gasteiger partial charge >= 0.3 is 0 Å². The van der Waals surface area contributed by atoms with E-state index in [9.17, 15) is 4.79 Å². The number of hydrogen-bond donors (Lipinski definition) is 2. The topological polar surface area (TPSA) is 75.6 Å². The lowest BCUT2D eigenvalue weighted by atomic mass is 10.0. The molecule has 0 aliphatic carbocycles. The van der Waals surface area contributed by atoms with E-state index in [1.165, 1.54) is 5.56 Å². The Balaban J connectivity index is 1.85. The quantitative estimate of drug-likeness (QED) is 0.743. The SMILES string of the molecule is Cc1ccc2nc([C@@H](NC(=O)c3ccn(C(C)C)n3)C(C)C)[nH]c2c1. The number of nitrogens with zero attached hydrogens (tertiary/aromatic N) is 3. The van der Waals surface area contributed by atoms with Gasteiger partial charge in [-0.25, -0.2) is 4.98 Å². The van der Waals surface area contributed by atoms with E-state index in [0.717, 1.165) is 16.9 Å². The first-order valence-electron chi connectivity index (χ1n) is 8.67. The summed E-state index contributed by atoms with van der Waals surface area (Å²) in [6, 6.07) is 7.86. The van der Waals surface area contributed by atoms with E-state index >= 15 is 0 Å². The van der Waals surface area contributed by atoms with Crippen LogP contribution >= 0.6 is 0 Å².